The van der Waals surface area contributed by atoms with Gasteiger partial charge in [0.2, 0.25) is 5.79 Å². The average Bonchev–Trinajstić information content (AvgIpc) is 2.16. The molecule has 2 nitrogen and oxygen atoms in total. The molecule has 0 unspecified atom stereocenters. The van der Waals surface area contributed by atoms with E-state index >= 15 is 0 Å². The number of hydrogen-bond donors (Lipinski definition) is 0. The fourth-order valence-corrected chi connectivity index (χ4v) is 1.38. The number of halogens is 1. The zero-order chi connectivity index (χ0) is 6.74. The van der Waals surface area contributed by atoms with E-state index in [1.807, 2.05) is 6.92 Å². The lowest BCUT2D eigenvalue weighted by Gasteiger charge is -2.21. The van der Waals surface area contributed by atoms with Crippen LogP contribution in [0.4, 0.5) is 0 Å². The second kappa shape index (κ2) is 2.60. The van der Waals surface area contributed by atoms with Crippen LogP contribution < -0.4 is 0 Å². The number of rotatable bonds is 2. The third-order valence-electron chi connectivity index (χ3n) is 1.24. The van der Waals surface area contributed by atoms with Crippen molar-refractivity contribution >= 4 is 15.9 Å². The van der Waals surface area contributed by atoms with Crippen molar-refractivity contribution in [2.75, 3.05) is 5.33 Å². The molecule has 9 heavy (non-hydrogen) atoms. The number of ether oxygens (including phenoxy) is 2. The summed E-state index contributed by atoms with van der Waals surface area (Å²) in [5.41, 5.74) is 0. The molecular formula is C6H9BrO2. The molecule has 0 N–H and O–H groups in total. The van der Waals surface area contributed by atoms with Crippen LogP contribution in [0.1, 0.15) is 13.3 Å². The molecule has 0 aromatic heterocycles. The van der Waals surface area contributed by atoms with Gasteiger partial charge >= 0.3 is 0 Å². The first-order chi connectivity index (χ1) is 4.27. The highest BCUT2D eigenvalue weighted by Gasteiger charge is 2.27. The Bertz CT molecular complexity index is 114. The van der Waals surface area contributed by atoms with Crippen molar-refractivity contribution < 1.29 is 9.47 Å². The van der Waals surface area contributed by atoms with Crippen molar-refractivity contribution in [3.8, 4) is 0 Å². The van der Waals surface area contributed by atoms with Gasteiger partial charge in [-0.2, -0.15) is 0 Å². The predicted octanol–water partition coefficient (Wildman–Crippen LogP) is 2.01. The quantitative estimate of drug-likeness (QED) is 0.624. The molecule has 1 heterocycles. The topological polar surface area (TPSA) is 18.5 Å². The van der Waals surface area contributed by atoms with E-state index in [2.05, 4.69) is 15.9 Å². The molecule has 0 radical (unpaired) electrons. The molecule has 0 saturated heterocycles. The zero-order valence-electron chi connectivity index (χ0n) is 5.26. The summed E-state index contributed by atoms with van der Waals surface area (Å²) in [7, 11) is 0. The van der Waals surface area contributed by atoms with Crippen molar-refractivity contribution in [2.45, 2.75) is 19.1 Å². The summed E-state index contributed by atoms with van der Waals surface area (Å²) in [6.45, 7) is 1.91. The molecule has 0 aromatic carbocycles. The van der Waals surface area contributed by atoms with Crippen LogP contribution in [-0.2, 0) is 9.47 Å². The Balaban J connectivity index is 2.36. The lowest BCUT2D eigenvalue weighted by Crippen LogP contribution is -2.25. The first kappa shape index (κ1) is 6.93. The van der Waals surface area contributed by atoms with Crippen molar-refractivity contribution in [1.82, 2.24) is 0 Å². The molecule has 0 atom stereocenters. The molecule has 1 rings (SSSR count). The molecule has 0 bridgehead atoms. The molecule has 0 fully saturated rings. The van der Waals surface area contributed by atoms with Crippen LogP contribution in [0.25, 0.3) is 0 Å². The van der Waals surface area contributed by atoms with E-state index in [1.54, 1.807) is 12.5 Å². The number of hydrogen-bond acceptors (Lipinski definition) is 2. The highest BCUT2D eigenvalue weighted by Crippen LogP contribution is 2.23. The Kier molecular flexibility index (Phi) is 2.01. The maximum absolute atomic E-state index is 5.15. The molecule has 0 spiro atoms. The normalized spacial score (nSPS) is 21.1. The Morgan fingerprint density at radius 2 is 2.00 bits per heavy atom. The van der Waals surface area contributed by atoms with Gasteiger partial charge in [0.25, 0.3) is 0 Å². The zero-order valence-corrected chi connectivity index (χ0v) is 6.85. The molecule has 3 heteroatoms. The van der Waals surface area contributed by atoms with Gasteiger partial charge in [-0.25, -0.2) is 0 Å². The van der Waals surface area contributed by atoms with Crippen LogP contribution >= 0.6 is 15.9 Å². The van der Waals surface area contributed by atoms with Gasteiger partial charge in [-0.3, -0.25) is 0 Å². The molecule has 0 saturated carbocycles. The first-order valence-electron chi connectivity index (χ1n) is 2.83. The van der Waals surface area contributed by atoms with E-state index in [0.717, 1.165) is 11.8 Å². The van der Waals surface area contributed by atoms with E-state index in [1.165, 1.54) is 0 Å². The Morgan fingerprint density at radius 1 is 1.44 bits per heavy atom. The maximum atomic E-state index is 5.15. The van der Waals surface area contributed by atoms with Crippen molar-refractivity contribution in [3.63, 3.8) is 0 Å². The van der Waals surface area contributed by atoms with Crippen LogP contribution in [0.3, 0.4) is 0 Å². The van der Waals surface area contributed by atoms with Crippen LogP contribution in [0.5, 0.6) is 0 Å². The summed E-state index contributed by atoms with van der Waals surface area (Å²) in [6, 6.07) is 0. The Morgan fingerprint density at radius 3 is 2.44 bits per heavy atom. The van der Waals surface area contributed by atoms with Crippen LogP contribution in [0.15, 0.2) is 12.5 Å². The Labute approximate surface area is 63.0 Å². The largest absolute Gasteiger partial charge is 0.457 e. The molecule has 1 aliphatic rings. The monoisotopic (exact) mass is 192 g/mol. The molecule has 0 aliphatic carbocycles. The van der Waals surface area contributed by atoms with Crippen molar-refractivity contribution in [1.29, 1.82) is 0 Å². The maximum Gasteiger partial charge on any atom is 0.247 e. The van der Waals surface area contributed by atoms with E-state index in [-0.39, 0.29) is 0 Å². The lowest BCUT2D eigenvalue weighted by molar-refractivity contribution is -0.126. The van der Waals surface area contributed by atoms with Crippen molar-refractivity contribution in [3.05, 3.63) is 12.5 Å². The molecule has 52 valence electrons. The summed E-state index contributed by atoms with van der Waals surface area (Å²) in [5.74, 6) is -0.413. The molecule has 0 aromatic rings. The van der Waals surface area contributed by atoms with E-state index in [9.17, 15) is 0 Å². The van der Waals surface area contributed by atoms with E-state index < -0.39 is 5.79 Å². The molecule has 1 aliphatic heterocycles. The summed E-state index contributed by atoms with van der Waals surface area (Å²) in [5, 5.41) is 0.894. The summed E-state index contributed by atoms with van der Waals surface area (Å²) >= 11 is 3.31. The number of alkyl halides is 1. The van der Waals surface area contributed by atoms with Gasteiger partial charge in [0, 0.05) is 18.7 Å². The standard InChI is InChI=1S/C6H9BrO2/c1-6(2-3-7)8-4-5-9-6/h4-5H,2-3H2,1H3. The van der Waals surface area contributed by atoms with E-state index in [4.69, 9.17) is 9.47 Å². The third-order valence-corrected chi connectivity index (χ3v) is 1.64. The summed E-state index contributed by atoms with van der Waals surface area (Å²) in [4.78, 5) is 0. The fourth-order valence-electron chi connectivity index (χ4n) is 0.661. The first-order valence-corrected chi connectivity index (χ1v) is 3.96. The summed E-state index contributed by atoms with van der Waals surface area (Å²) in [6.07, 6.45) is 4.01. The van der Waals surface area contributed by atoms with Gasteiger partial charge in [-0.15, -0.1) is 0 Å². The van der Waals surface area contributed by atoms with Gasteiger partial charge in [-0.05, 0) is 0 Å². The molecular weight excluding hydrogens is 184 g/mol. The van der Waals surface area contributed by atoms with Crippen LogP contribution in [-0.4, -0.2) is 11.1 Å². The molecule has 0 amide bonds. The predicted molar refractivity (Wildman–Crippen MR) is 38.1 cm³/mol. The van der Waals surface area contributed by atoms with E-state index in [0.29, 0.717) is 0 Å². The smallest absolute Gasteiger partial charge is 0.247 e. The lowest BCUT2D eigenvalue weighted by atomic mass is 10.2. The van der Waals surface area contributed by atoms with Gasteiger partial charge in [0.15, 0.2) is 0 Å². The van der Waals surface area contributed by atoms with Crippen LogP contribution in [0.2, 0.25) is 0 Å². The second-order valence-electron chi connectivity index (χ2n) is 2.08. The van der Waals surface area contributed by atoms with Gasteiger partial charge in [-0.1, -0.05) is 15.9 Å². The minimum Gasteiger partial charge on any atom is -0.457 e. The fraction of sp³-hybridized carbons (Fsp3) is 0.667. The average molecular weight is 193 g/mol. The SMILES string of the molecule is CC1(CCBr)OC=CO1. The van der Waals surface area contributed by atoms with Gasteiger partial charge in [0.1, 0.15) is 12.5 Å². The minimum absolute atomic E-state index is 0.413. The van der Waals surface area contributed by atoms with Gasteiger partial charge in [0.05, 0.1) is 0 Å². The van der Waals surface area contributed by atoms with Gasteiger partial charge < -0.3 is 9.47 Å². The minimum atomic E-state index is -0.413. The summed E-state index contributed by atoms with van der Waals surface area (Å²) < 4.78 is 10.3. The highest BCUT2D eigenvalue weighted by molar-refractivity contribution is 9.09. The Hall–Kier alpha value is -0.180. The highest BCUT2D eigenvalue weighted by atomic mass is 79.9. The third kappa shape index (κ3) is 1.61. The van der Waals surface area contributed by atoms with Crippen molar-refractivity contribution in [2.24, 2.45) is 0 Å². The van der Waals surface area contributed by atoms with Crippen LogP contribution in [0, 0.1) is 0 Å². The second-order valence-corrected chi connectivity index (χ2v) is 2.87.